The van der Waals surface area contributed by atoms with E-state index in [1.807, 2.05) is 0 Å². The highest BCUT2D eigenvalue weighted by atomic mass is 16.5. The molecule has 2 heteroatoms. The summed E-state index contributed by atoms with van der Waals surface area (Å²) < 4.78 is 5.85. The molecule has 0 heterocycles. The fourth-order valence-corrected chi connectivity index (χ4v) is 2.25. The summed E-state index contributed by atoms with van der Waals surface area (Å²) in [6.07, 6.45) is 7.57. The predicted molar refractivity (Wildman–Crippen MR) is 54.7 cm³/mol. The van der Waals surface area contributed by atoms with Gasteiger partial charge in [-0.05, 0) is 31.6 Å². The lowest BCUT2D eigenvalue weighted by molar-refractivity contribution is 0.000517. The van der Waals surface area contributed by atoms with Gasteiger partial charge in [-0.25, -0.2) is 0 Å². The van der Waals surface area contributed by atoms with Crippen LogP contribution in [-0.2, 0) is 4.74 Å². The fraction of sp³-hybridized carbons (Fsp3) is 0.917. The van der Waals surface area contributed by atoms with Crippen molar-refractivity contribution in [3.05, 3.63) is 0 Å². The molecule has 78 valence electrons. The molecule has 2 aliphatic rings. The third kappa shape index (κ3) is 2.27. The Kier molecular flexibility index (Phi) is 2.78. The molecule has 0 radical (unpaired) electrons. The minimum Gasteiger partial charge on any atom is -0.377 e. The third-order valence-electron chi connectivity index (χ3n) is 3.57. The second kappa shape index (κ2) is 3.90. The second-order valence-corrected chi connectivity index (χ2v) is 5.10. The van der Waals surface area contributed by atoms with E-state index in [-0.39, 0.29) is 5.41 Å². The maximum absolute atomic E-state index is 8.91. The Bertz CT molecular complexity index is 239. The van der Waals surface area contributed by atoms with Gasteiger partial charge in [-0.15, -0.1) is 0 Å². The molecule has 0 aromatic rings. The van der Waals surface area contributed by atoms with E-state index in [4.69, 9.17) is 10.00 Å². The van der Waals surface area contributed by atoms with Gasteiger partial charge in [-0.3, -0.25) is 0 Å². The molecule has 2 atom stereocenters. The quantitative estimate of drug-likeness (QED) is 0.690. The molecule has 14 heavy (non-hydrogen) atoms. The van der Waals surface area contributed by atoms with Gasteiger partial charge in [0.05, 0.1) is 24.2 Å². The average Bonchev–Trinajstić information content (AvgIpc) is 2.96. The summed E-state index contributed by atoms with van der Waals surface area (Å²) in [6, 6.07) is 2.38. The van der Waals surface area contributed by atoms with Gasteiger partial charge in [0.2, 0.25) is 0 Å². The first-order valence-electron chi connectivity index (χ1n) is 5.77. The van der Waals surface area contributed by atoms with Crippen molar-refractivity contribution in [2.75, 3.05) is 6.61 Å². The van der Waals surface area contributed by atoms with Gasteiger partial charge in [0.1, 0.15) is 0 Å². The number of ether oxygens (including phenoxy) is 1. The van der Waals surface area contributed by atoms with Gasteiger partial charge in [-0.1, -0.05) is 19.8 Å². The molecular formula is C12H19NO. The van der Waals surface area contributed by atoms with Crippen LogP contribution in [0.4, 0.5) is 0 Å². The molecule has 2 unspecified atom stereocenters. The van der Waals surface area contributed by atoms with Crippen molar-refractivity contribution in [2.45, 2.75) is 51.6 Å². The summed E-state index contributed by atoms with van der Waals surface area (Å²) in [5.41, 5.74) is -0.0827. The topological polar surface area (TPSA) is 33.0 Å². The number of rotatable bonds is 3. The highest BCUT2D eigenvalue weighted by Crippen LogP contribution is 2.45. The zero-order chi connectivity index (χ0) is 10.0. The average molecular weight is 193 g/mol. The maximum Gasteiger partial charge on any atom is 0.0808 e. The smallest absolute Gasteiger partial charge is 0.0808 e. The van der Waals surface area contributed by atoms with Crippen LogP contribution in [0.15, 0.2) is 0 Å². The van der Waals surface area contributed by atoms with Crippen molar-refractivity contribution in [3.8, 4) is 6.07 Å². The molecule has 0 aromatic carbocycles. The van der Waals surface area contributed by atoms with Crippen molar-refractivity contribution in [1.82, 2.24) is 0 Å². The highest BCUT2D eigenvalue weighted by molar-refractivity contribution is 5.09. The standard InChI is InChI=1S/C12H19NO/c1-10-3-2-4-11(7-10)14-9-12(8-13)5-6-12/h10-11H,2-7,9H2,1H3. The molecule has 2 aliphatic carbocycles. The molecule has 2 fully saturated rings. The van der Waals surface area contributed by atoms with Gasteiger partial charge in [0.15, 0.2) is 0 Å². The number of nitriles is 1. The van der Waals surface area contributed by atoms with Crippen LogP contribution in [0, 0.1) is 22.7 Å². The van der Waals surface area contributed by atoms with Crippen LogP contribution in [0.5, 0.6) is 0 Å². The number of nitrogens with zero attached hydrogens (tertiary/aromatic N) is 1. The van der Waals surface area contributed by atoms with Crippen LogP contribution in [0.2, 0.25) is 0 Å². The Labute approximate surface area is 86.2 Å². The Morgan fingerprint density at radius 1 is 1.43 bits per heavy atom. The second-order valence-electron chi connectivity index (χ2n) is 5.10. The Balaban J connectivity index is 1.73. The van der Waals surface area contributed by atoms with E-state index in [9.17, 15) is 0 Å². The van der Waals surface area contributed by atoms with E-state index >= 15 is 0 Å². The molecule has 0 saturated heterocycles. The van der Waals surface area contributed by atoms with Crippen molar-refractivity contribution in [2.24, 2.45) is 11.3 Å². The molecule has 0 bridgehead atoms. The van der Waals surface area contributed by atoms with E-state index in [0.29, 0.717) is 12.7 Å². The van der Waals surface area contributed by atoms with Crippen LogP contribution in [0.25, 0.3) is 0 Å². The lowest BCUT2D eigenvalue weighted by Crippen LogP contribution is -2.24. The van der Waals surface area contributed by atoms with E-state index in [2.05, 4.69) is 13.0 Å². The molecule has 2 nitrogen and oxygen atoms in total. The Hall–Kier alpha value is -0.550. The van der Waals surface area contributed by atoms with Crippen LogP contribution in [-0.4, -0.2) is 12.7 Å². The van der Waals surface area contributed by atoms with E-state index in [1.165, 1.54) is 25.7 Å². The minimum absolute atomic E-state index is 0.0827. The van der Waals surface area contributed by atoms with Crippen molar-refractivity contribution in [1.29, 1.82) is 5.26 Å². The van der Waals surface area contributed by atoms with Gasteiger partial charge >= 0.3 is 0 Å². The molecule has 2 saturated carbocycles. The summed E-state index contributed by atoms with van der Waals surface area (Å²) in [4.78, 5) is 0. The van der Waals surface area contributed by atoms with E-state index in [1.54, 1.807) is 0 Å². The minimum atomic E-state index is -0.0827. The van der Waals surface area contributed by atoms with E-state index < -0.39 is 0 Å². The maximum atomic E-state index is 8.91. The van der Waals surface area contributed by atoms with Crippen LogP contribution in [0.1, 0.15) is 45.4 Å². The summed E-state index contributed by atoms with van der Waals surface area (Å²) in [5, 5.41) is 8.91. The molecule has 0 aromatic heterocycles. The van der Waals surface area contributed by atoms with E-state index in [0.717, 1.165) is 18.8 Å². The first kappa shape index (κ1) is 9.98. The Morgan fingerprint density at radius 3 is 2.79 bits per heavy atom. The van der Waals surface area contributed by atoms with Gasteiger partial charge < -0.3 is 4.74 Å². The highest BCUT2D eigenvalue weighted by Gasteiger charge is 2.44. The largest absolute Gasteiger partial charge is 0.377 e. The zero-order valence-electron chi connectivity index (χ0n) is 8.96. The SMILES string of the molecule is CC1CCCC(OCC2(C#N)CC2)C1. The summed E-state index contributed by atoms with van der Waals surface area (Å²) >= 11 is 0. The van der Waals surface area contributed by atoms with Crippen molar-refractivity contribution >= 4 is 0 Å². The van der Waals surface area contributed by atoms with Gasteiger partial charge in [0.25, 0.3) is 0 Å². The molecule has 0 N–H and O–H groups in total. The van der Waals surface area contributed by atoms with Gasteiger partial charge in [0, 0.05) is 0 Å². The summed E-state index contributed by atoms with van der Waals surface area (Å²) in [6.45, 7) is 2.98. The zero-order valence-corrected chi connectivity index (χ0v) is 8.96. The number of hydrogen-bond acceptors (Lipinski definition) is 2. The lowest BCUT2D eigenvalue weighted by Gasteiger charge is -2.27. The summed E-state index contributed by atoms with van der Waals surface area (Å²) in [5.74, 6) is 0.811. The predicted octanol–water partition coefficient (Wildman–Crippen LogP) is 2.89. The van der Waals surface area contributed by atoms with Crippen molar-refractivity contribution < 1.29 is 4.74 Å². The Morgan fingerprint density at radius 2 is 2.21 bits per heavy atom. The lowest BCUT2D eigenvalue weighted by atomic mass is 9.88. The first-order valence-corrected chi connectivity index (χ1v) is 5.77. The first-order chi connectivity index (χ1) is 6.74. The molecule has 0 amide bonds. The fourth-order valence-electron chi connectivity index (χ4n) is 2.25. The molecule has 0 spiro atoms. The van der Waals surface area contributed by atoms with Crippen molar-refractivity contribution in [3.63, 3.8) is 0 Å². The van der Waals surface area contributed by atoms with Crippen LogP contribution in [0.3, 0.4) is 0 Å². The normalized spacial score (nSPS) is 34.9. The van der Waals surface area contributed by atoms with Crippen LogP contribution >= 0.6 is 0 Å². The number of hydrogen-bond donors (Lipinski definition) is 0. The molecule has 2 rings (SSSR count). The van der Waals surface area contributed by atoms with Crippen LogP contribution < -0.4 is 0 Å². The monoisotopic (exact) mass is 193 g/mol. The third-order valence-corrected chi connectivity index (χ3v) is 3.57. The molecule has 0 aliphatic heterocycles. The summed E-state index contributed by atoms with van der Waals surface area (Å²) in [7, 11) is 0. The van der Waals surface area contributed by atoms with Gasteiger partial charge in [-0.2, -0.15) is 5.26 Å². The molecular weight excluding hydrogens is 174 g/mol.